The van der Waals surface area contributed by atoms with Crippen LogP contribution in [0.2, 0.25) is 0 Å². The van der Waals surface area contributed by atoms with Crippen LogP contribution in [0.5, 0.6) is 11.5 Å². The molecule has 0 N–H and O–H groups in total. The predicted molar refractivity (Wildman–Crippen MR) is 107 cm³/mol. The monoisotopic (exact) mass is 359 g/mol. The summed E-state index contributed by atoms with van der Waals surface area (Å²) in [4.78, 5) is 16.0. The second-order valence-corrected chi connectivity index (χ2v) is 6.17. The number of aryl methyl sites for hydroxylation is 2. The van der Waals surface area contributed by atoms with Gasteiger partial charge in [-0.2, -0.15) is 0 Å². The van der Waals surface area contributed by atoms with E-state index in [4.69, 9.17) is 9.47 Å². The third kappa shape index (κ3) is 5.28. The normalized spacial score (nSPS) is 10.7. The van der Waals surface area contributed by atoms with Gasteiger partial charge < -0.3 is 9.47 Å². The molecule has 136 valence electrons. The van der Waals surface area contributed by atoms with Crippen LogP contribution in [0.4, 0.5) is 0 Å². The molecule has 0 unspecified atom stereocenters. The SMILES string of the molecule is Cc1cccc(C)c1OCC(=O)Oc1ccc(/C=C/c2ccncc2)cc1. The maximum Gasteiger partial charge on any atom is 0.349 e. The lowest BCUT2D eigenvalue weighted by Crippen LogP contribution is -2.18. The Labute approximate surface area is 159 Å². The van der Waals surface area contributed by atoms with Crippen molar-refractivity contribution in [1.29, 1.82) is 0 Å². The Morgan fingerprint density at radius 3 is 2.11 bits per heavy atom. The van der Waals surface area contributed by atoms with Crippen LogP contribution in [0.25, 0.3) is 12.2 Å². The van der Waals surface area contributed by atoms with Crippen molar-refractivity contribution in [2.75, 3.05) is 6.61 Å². The number of carbonyl (C=O) groups is 1. The molecule has 0 aliphatic carbocycles. The minimum atomic E-state index is -0.433. The molecule has 0 saturated carbocycles. The van der Waals surface area contributed by atoms with Crippen molar-refractivity contribution in [1.82, 2.24) is 4.98 Å². The van der Waals surface area contributed by atoms with Crippen molar-refractivity contribution < 1.29 is 14.3 Å². The van der Waals surface area contributed by atoms with Crippen molar-refractivity contribution in [3.05, 3.63) is 89.2 Å². The maximum absolute atomic E-state index is 12.0. The quantitative estimate of drug-likeness (QED) is 0.466. The summed E-state index contributed by atoms with van der Waals surface area (Å²) in [6, 6.07) is 17.1. The molecule has 27 heavy (non-hydrogen) atoms. The molecule has 4 nitrogen and oxygen atoms in total. The molecule has 1 aromatic heterocycles. The van der Waals surface area contributed by atoms with Crippen molar-refractivity contribution >= 4 is 18.1 Å². The number of nitrogens with zero attached hydrogens (tertiary/aromatic N) is 1. The standard InChI is InChI=1S/C23H21NO3/c1-17-4-3-5-18(2)23(17)26-16-22(25)27-21-10-8-19(9-11-21)6-7-20-12-14-24-15-13-20/h3-15H,16H2,1-2H3/b7-6+. The van der Waals surface area contributed by atoms with E-state index in [9.17, 15) is 4.79 Å². The zero-order valence-corrected chi connectivity index (χ0v) is 15.4. The van der Waals surface area contributed by atoms with Gasteiger partial charge in [-0.15, -0.1) is 0 Å². The smallest absolute Gasteiger partial charge is 0.349 e. The maximum atomic E-state index is 12.0. The molecule has 0 saturated heterocycles. The first-order chi connectivity index (χ1) is 13.1. The lowest BCUT2D eigenvalue weighted by atomic mass is 10.1. The van der Waals surface area contributed by atoms with Gasteiger partial charge in [-0.05, 0) is 60.4 Å². The average Bonchev–Trinajstić information content (AvgIpc) is 2.68. The number of benzene rings is 2. The molecule has 1 heterocycles. The number of rotatable bonds is 6. The van der Waals surface area contributed by atoms with Gasteiger partial charge in [-0.3, -0.25) is 4.98 Å². The average molecular weight is 359 g/mol. The van der Waals surface area contributed by atoms with Crippen LogP contribution in [0.1, 0.15) is 22.3 Å². The first-order valence-electron chi connectivity index (χ1n) is 8.70. The van der Waals surface area contributed by atoms with Crippen molar-refractivity contribution in [3.8, 4) is 11.5 Å². The number of para-hydroxylation sites is 1. The molecule has 0 bridgehead atoms. The topological polar surface area (TPSA) is 48.4 Å². The number of carbonyl (C=O) groups excluding carboxylic acids is 1. The van der Waals surface area contributed by atoms with Crippen LogP contribution < -0.4 is 9.47 Å². The molecule has 2 aromatic carbocycles. The highest BCUT2D eigenvalue weighted by atomic mass is 16.6. The second kappa shape index (κ2) is 8.81. The van der Waals surface area contributed by atoms with E-state index in [-0.39, 0.29) is 6.61 Å². The fraction of sp³-hybridized carbons (Fsp3) is 0.130. The summed E-state index contributed by atoms with van der Waals surface area (Å²) in [7, 11) is 0. The first-order valence-corrected chi connectivity index (χ1v) is 8.70. The number of esters is 1. The molecule has 0 amide bonds. The molecule has 0 fully saturated rings. The lowest BCUT2D eigenvalue weighted by Gasteiger charge is -2.11. The van der Waals surface area contributed by atoms with Gasteiger partial charge in [0.25, 0.3) is 0 Å². The summed E-state index contributed by atoms with van der Waals surface area (Å²) in [5.74, 6) is 0.787. The number of hydrogen-bond acceptors (Lipinski definition) is 4. The summed E-state index contributed by atoms with van der Waals surface area (Å²) in [5, 5.41) is 0. The van der Waals surface area contributed by atoms with Gasteiger partial charge in [0.1, 0.15) is 11.5 Å². The van der Waals surface area contributed by atoms with Gasteiger partial charge in [0, 0.05) is 12.4 Å². The minimum Gasteiger partial charge on any atom is -0.481 e. The highest BCUT2D eigenvalue weighted by molar-refractivity contribution is 5.74. The van der Waals surface area contributed by atoms with Gasteiger partial charge in [0.05, 0.1) is 0 Å². The first kappa shape index (κ1) is 18.4. The van der Waals surface area contributed by atoms with Crippen LogP contribution in [0.3, 0.4) is 0 Å². The van der Waals surface area contributed by atoms with Gasteiger partial charge in [-0.25, -0.2) is 4.79 Å². The zero-order valence-electron chi connectivity index (χ0n) is 15.4. The molecule has 4 heteroatoms. The molecular weight excluding hydrogens is 338 g/mol. The molecule has 0 spiro atoms. The van der Waals surface area contributed by atoms with Crippen LogP contribution in [-0.2, 0) is 4.79 Å². The van der Waals surface area contributed by atoms with E-state index in [1.807, 2.05) is 68.5 Å². The lowest BCUT2D eigenvalue weighted by molar-refractivity contribution is -0.136. The molecule has 0 aliphatic rings. The number of aromatic nitrogens is 1. The van der Waals surface area contributed by atoms with E-state index in [0.717, 1.165) is 28.0 Å². The minimum absolute atomic E-state index is 0.130. The highest BCUT2D eigenvalue weighted by Gasteiger charge is 2.09. The van der Waals surface area contributed by atoms with Crippen molar-refractivity contribution in [3.63, 3.8) is 0 Å². The number of hydrogen-bond donors (Lipinski definition) is 0. The van der Waals surface area contributed by atoms with Crippen molar-refractivity contribution in [2.45, 2.75) is 13.8 Å². The Hall–Kier alpha value is -3.40. The summed E-state index contributed by atoms with van der Waals surface area (Å²) < 4.78 is 11.0. The predicted octanol–water partition coefficient (Wildman–Crippen LogP) is 4.85. The Morgan fingerprint density at radius 1 is 0.889 bits per heavy atom. The third-order valence-corrected chi connectivity index (χ3v) is 4.03. The molecule has 0 radical (unpaired) electrons. The fourth-order valence-corrected chi connectivity index (χ4v) is 2.63. The highest BCUT2D eigenvalue weighted by Crippen LogP contribution is 2.22. The van der Waals surface area contributed by atoms with Gasteiger partial charge in [0.2, 0.25) is 0 Å². The van der Waals surface area contributed by atoms with Gasteiger partial charge in [-0.1, -0.05) is 42.5 Å². The molecule has 3 rings (SSSR count). The van der Waals surface area contributed by atoms with E-state index < -0.39 is 5.97 Å². The Bertz CT molecular complexity index is 911. The number of ether oxygens (including phenoxy) is 2. The fourth-order valence-electron chi connectivity index (χ4n) is 2.63. The largest absolute Gasteiger partial charge is 0.481 e. The van der Waals surface area contributed by atoms with Crippen LogP contribution in [0, 0.1) is 13.8 Å². The van der Waals surface area contributed by atoms with E-state index >= 15 is 0 Å². The zero-order chi connectivity index (χ0) is 19.1. The molecular formula is C23H21NO3. The van der Waals surface area contributed by atoms with E-state index in [2.05, 4.69) is 4.98 Å². The number of pyridine rings is 1. The Morgan fingerprint density at radius 2 is 1.48 bits per heavy atom. The summed E-state index contributed by atoms with van der Waals surface area (Å²) >= 11 is 0. The second-order valence-electron chi connectivity index (χ2n) is 6.17. The molecule has 0 atom stereocenters. The summed E-state index contributed by atoms with van der Waals surface area (Å²) in [6.45, 7) is 3.77. The van der Waals surface area contributed by atoms with Crippen LogP contribution in [-0.4, -0.2) is 17.6 Å². The van der Waals surface area contributed by atoms with Crippen molar-refractivity contribution in [2.24, 2.45) is 0 Å². The molecule has 0 aliphatic heterocycles. The van der Waals surface area contributed by atoms with E-state index in [0.29, 0.717) is 5.75 Å². The van der Waals surface area contributed by atoms with E-state index in [1.54, 1.807) is 24.5 Å². The molecule has 3 aromatic rings. The summed E-state index contributed by atoms with van der Waals surface area (Å²) in [6.07, 6.45) is 7.50. The van der Waals surface area contributed by atoms with Gasteiger partial charge >= 0.3 is 5.97 Å². The van der Waals surface area contributed by atoms with Gasteiger partial charge in [0.15, 0.2) is 6.61 Å². The summed E-state index contributed by atoms with van der Waals surface area (Å²) in [5.41, 5.74) is 4.07. The van der Waals surface area contributed by atoms with E-state index in [1.165, 1.54) is 0 Å². The Kier molecular flexibility index (Phi) is 6.00. The van der Waals surface area contributed by atoms with Crippen LogP contribution in [0.15, 0.2) is 67.0 Å². The Balaban J connectivity index is 1.55. The van der Waals surface area contributed by atoms with Crippen LogP contribution >= 0.6 is 0 Å². The third-order valence-electron chi connectivity index (χ3n) is 4.03.